The molecular formula is C110H77N3S. The van der Waals surface area contributed by atoms with Crippen LogP contribution in [0.4, 0.5) is 34.1 Å². The standard InChI is InChI=1S/C110H77N3S/c1-107(2)93-37-18-21-40-96(93)110(97-41-22-19-38-94(97)107)92-36-17-13-32-84(92)85-63-60-80(68-100(85)110)111(79-58-52-73(53-59-79)75-54-62-88-87-33-14-24-45-104(87)114-105(88)67-75)78-56-50-71(51-57-78)70-46-48-72(49-47-70)74-55-65-101-89(66-74)86-64-61-81(69-103(86)113(101)77-28-9-6-10-29-77)112(76-26-7-5-8-27-76)102-44-25-43-99-106(102)108(3,4)95-39-20-23-42-98(95)109(99)90-34-15-11-30-82(90)83-31-12-16-35-91(83)109/h5-69H,1-4H3. The first-order chi connectivity index (χ1) is 56.0. The van der Waals surface area contributed by atoms with Crippen LogP contribution in [0.3, 0.4) is 0 Å². The number of thiophene rings is 1. The summed E-state index contributed by atoms with van der Waals surface area (Å²) in [5.74, 6) is 0. The van der Waals surface area contributed by atoms with E-state index in [0.717, 1.165) is 61.8 Å². The fourth-order valence-electron chi connectivity index (χ4n) is 21.1. The number of para-hydroxylation sites is 2. The van der Waals surface area contributed by atoms with Crippen LogP contribution in [0.5, 0.6) is 0 Å². The zero-order valence-electron chi connectivity index (χ0n) is 63.8. The van der Waals surface area contributed by atoms with Crippen molar-refractivity contribution in [1.82, 2.24) is 4.57 Å². The van der Waals surface area contributed by atoms with E-state index >= 15 is 0 Å². The van der Waals surface area contributed by atoms with Gasteiger partial charge in [-0.3, -0.25) is 0 Å². The van der Waals surface area contributed by atoms with Gasteiger partial charge in [-0.25, -0.2) is 0 Å². The van der Waals surface area contributed by atoms with Crippen molar-refractivity contribution in [2.24, 2.45) is 0 Å². The van der Waals surface area contributed by atoms with Gasteiger partial charge in [0.15, 0.2) is 0 Å². The Labute approximate surface area is 668 Å². The lowest BCUT2D eigenvalue weighted by Gasteiger charge is -2.48. The third kappa shape index (κ3) is 9.37. The van der Waals surface area contributed by atoms with Crippen LogP contribution in [-0.4, -0.2) is 4.57 Å². The summed E-state index contributed by atoms with van der Waals surface area (Å²) >= 11 is 1.87. The maximum atomic E-state index is 2.53. The van der Waals surface area contributed by atoms with Crippen LogP contribution >= 0.6 is 11.3 Å². The lowest BCUT2D eigenvalue weighted by atomic mass is 9.55. The van der Waals surface area contributed by atoms with Crippen molar-refractivity contribution in [3.63, 3.8) is 0 Å². The highest BCUT2D eigenvalue weighted by Gasteiger charge is 2.56. The Kier molecular flexibility index (Phi) is 14.5. The molecule has 0 N–H and O–H groups in total. The molecule has 0 saturated heterocycles. The third-order valence-corrected chi connectivity index (χ3v) is 27.2. The molecule has 114 heavy (non-hydrogen) atoms. The predicted octanol–water partition coefficient (Wildman–Crippen LogP) is 29.1. The van der Waals surface area contributed by atoms with Gasteiger partial charge in [0, 0.05) is 75.9 Å². The molecule has 0 fully saturated rings. The predicted molar refractivity (Wildman–Crippen MR) is 478 cm³/mol. The van der Waals surface area contributed by atoms with Gasteiger partial charge in [0.1, 0.15) is 0 Å². The zero-order chi connectivity index (χ0) is 75.8. The second-order valence-corrected chi connectivity index (χ2v) is 33.6. The minimum absolute atomic E-state index is 0.202. The van der Waals surface area contributed by atoms with E-state index in [1.54, 1.807) is 0 Å². The number of benzene rings is 17. The Hall–Kier alpha value is -13.6. The molecule has 0 radical (unpaired) electrons. The molecule has 3 nitrogen and oxygen atoms in total. The average molecular weight is 1470 g/mol. The van der Waals surface area contributed by atoms with E-state index in [1.807, 2.05) is 11.3 Å². The first-order valence-electron chi connectivity index (χ1n) is 39.9. The molecule has 0 unspecified atom stereocenters. The van der Waals surface area contributed by atoms with Crippen LogP contribution in [0.25, 0.3) is 103 Å². The molecule has 0 atom stereocenters. The second kappa shape index (κ2) is 24.9. The molecule has 538 valence electrons. The van der Waals surface area contributed by atoms with Crippen LogP contribution in [0.1, 0.15) is 94.5 Å². The molecule has 23 rings (SSSR count). The van der Waals surface area contributed by atoms with Crippen LogP contribution in [0.15, 0.2) is 394 Å². The van der Waals surface area contributed by atoms with E-state index in [0.29, 0.717) is 0 Å². The topological polar surface area (TPSA) is 11.4 Å². The molecule has 19 aromatic rings. The van der Waals surface area contributed by atoms with E-state index in [2.05, 4.69) is 436 Å². The molecule has 4 aliphatic carbocycles. The SMILES string of the molecule is CC1(C)c2ccccc2C2(c3ccccc3-c3ccc(N(c4ccc(-c5ccc(-c6ccc7c(c6)c6ccc(N(c8ccccc8)c8cccc9c8C(C)(C)c8ccccc8C98c9ccccc9-c9ccccc98)cc6n7-c6ccccc6)cc5)cc4)c4ccc(-c5ccc6c(c5)sc5ccccc56)cc4)cc32)c2ccccc21. The van der Waals surface area contributed by atoms with Crippen LogP contribution in [0.2, 0.25) is 0 Å². The Morgan fingerprint density at radius 3 is 1.23 bits per heavy atom. The van der Waals surface area contributed by atoms with Gasteiger partial charge in [0.2, 0.25) is 0 Å². The molecule has 2 spiro atoms. The number of anilines is 6. The second-order valence-electron chi connectivity index (χ2n) is 32.5. The minimum atomic E-state index is -0.538. The molecule has 2 heterocycles. The number of rotatable bonds is 10. The summed E-state index contributed by atoms with van der Waals surface area (Å²) in [7, 11) is 0. The molecule has 0 aliphatic heterocycles. The van der Waals surface area contributed by atoms with E-state index in [9.17, 15) is 0 Å². The number of hydrogen-bond acceptors (Lipinski definition) is 3. The van der Waals surface area contributed by atoms with Crippen molar-refractivity contribution in [3.8, 4) is 61.3 Å². The van der Waals surface area contributed by atoms with E-state index in [-0.39, 0.29) is 10.8 Å². The van der Waals surface area contributed by atoms with Gasteiger partial charge in [-0.15, -0.1) is 11.3 Å². The molecule has 17 aromatic carbocycles. The van der Waals surface area contributed by atoms with Crippen molar-refractivity contribution < 1.29 is 0 Å². The molecule has 2 aromatic heterocycles. The highest BCUT2D eigenvalue weighted by Crippen LogP contribution is 2.66. The zero-order valence-corrected chi connectivity index (χ0v) is 64.6. The molecule has 0 bridgehead atoms. The molecule has 4 heteroatoms. The van der Waals surface area contributed by atoms with Gasteiger partial charge in [0.05, 0.1) is 27.6 Å². The van der Waals surface area contributed by atoms with Gasteiger partial charge in [-0.05, 0) is 226 Å². The molecular weight excluding hydrogens is 1400 g/mol. The lowest BCUT2D eigenvalue weighted by molar-refractivity contribution is 0.563. The lowest BCUT2D eigenvalue weighted by Crippen LogP contribution is -2.41. The van der Waals surface area contributed by atoms with Crippen LogP contribution < -0.4 is 9.80 Å². The van der Waals surface area contributed by atoms with Gasteiger partial charge in [-0.2, -0.15) is 0 Å². The Morgan fingerprint density at radius 1 is 0.228 bits per heavy atom. The van der Waals surface area contributed by atoms with Gasteiger partial charge < -0.3 is 14.4 Å². The Balaban J connectivity index is 0.622. The average Bonchev–Trinajstić information content (AvgIpc) is 1.53. The maximum absolute atomic E-state index is 2.53. The summed E-state index contributed by atoms with van der Waals surface area (Å²) < 4.78 is 5.09. The smallest absolute Gasteiger partial charge is 0.0720 e. The normalized spacial score (nSPS) is 14.4. The summed E-state index contributed by atoms with van der Waals surface area (Å²) in [6.45, 7) is 9.69. The number of nitrogens with zero attached hydrogens (tertiary/aromatic N) is 3. The largest absolute Gasteiger partial charge is 0.310 e. The van der Waals surface area contributed by atoms with Crippen molar-refractivity contribution in [2.75, 3.05) is 9.80 Å². The fourth-order valence-corrected chi connectivity index (χ4v) is 22.3. The Bertz CT molecular complexity index is 7060. The summed E-state index contributed by atoms with van der Waals surface area (Å²) in [4.78, 5) is 5.00. The monoisotopic (exact) mass is 1470 g/mol. The highest BCUT2D eigenvalue weighted by molar-refractivity contribution is 7.25. The van der Waals surface area contributed by atoms with Gasteiger partial charge >= 0.3 is 0 Å². The first kappa shape index (κ1) is 66.2. The van der Waals surface area contributed by atoms with E-state index in [4.69, 9.17) is 0 Å². The van der Waals surface area contributed by atoms with Crippen molar-refractivity contribution in [2.45, 2.75) is 49.4 Å². The summed E-state index contributed by atoms with van der Waals surface area (Å²) in [6, 6.07) is 149. The molecule has 0 saturated carbocycles. The summed E-state index contributed by atoms with van der Waals surface area (Å²) in [5.41, 5.74) is 36.7. The van der Waals surface area contributed by atoms with Crippen molar-refractivity contribution in [1.29, 1.82) is 0 Å². The summed E-state index contributed by atoms with van der Waals surface area (Å²) in [5, 5.41) is 5.02. The fraction of sp³-hybridized carbons (Fsp3) is 0.0727. The highest BCUT2D eigenvalue weighted by atomic mass is 32.1. The van der Waals surface area contributed by atoms with Crippen molar-refractivity contribution >= 4 is 87.4 Å². The summed E-state index contributed by atoms with van der Waals surface area (Å²) in [6.07, 6.45) is 0. The van der Waals surface area contributed by atoms with Crippen molar-refractivity contribution in [3.05, 3.63) is 461 Å². The first-order valence-corrected chi connectivity index (χ1v) is 40.8. The number of fused-ring (bicyclic) bond motifs is 24. The van der Waals surface area contributed by atoms with Gasteiger partial charge in [-0.1, -0.05) is 319 Å². The number of hydrogen-bond donors (Lipinski definition) is 0. The Morgan fingerprint density at radius 2 is 0.632 bits per heavy atom. The minimum Gasteiger partial charge on any atom is -0.310 e. The van der Waals surface area contributed by atoms with E-state index in [1.165, 1.54) is 142 Å². The van der Waals surface area contributed by atoms with Gasteiger partial charge in [0.25, 0.3) is 0 Å². The maximum Gasteiger partial charge on any atom is 0.0720 e. The van der Waals surface area contributed by atoms with Crippen LogP contribution in [0, 0.1) is 0 Å². The molecule has 4 aliphatic rings. The quantitative estimate of drug-likeness (QED) is 0.135. The number of aromatic nitrogens is 1. The molecule has 0 amide bonds. The third-order valence-electron chi connectivity index (χ3n) is 26.1. The van der Waals surface area contributed by atoms with E-state index < -0.39 is 10.8 Å². The van der Waals surface area contributed by atoms with Crippen LogP contribution in [-0.2, 0) is 21.7 Å².